The van der Waals surface area contributed by atoms with Crippen molar-refractivity contribution in [3.05, 3.63) is 29.3 Å². The number of likely N-dealkylation sites (tertiary alicyclic amines) is 1. The summed E-state index contributed by atoms with van der Waals surface area (Å²) in [5.74, 6) is 0.0882. The van der Waals surface area contributed by atoms with Gasteiger partial charge in [0.05, 0.1) is 0 Å². The Morgan fingerprint density at radius 2 is 2.09 bits per heavy atom. The molecule has 0 atom stereocenters. The number of carbonyl (C=O) groups is 2. The van der Waals surface area contributed by atoms with E-state index in [1.54, 1.807) is 0 Å². The first kappa shape index (κ1) is 14.8. The summed E-state index contributed by atoms with van der Waals surface area (Å²) >= 11 is 0. The maximum atomic E-state index is 11.5. The number of amides is 2. The van der Waals surface area contributed by atoms with Crippen LogP contribution < -0.4 is 10.6 Å². The predicted molar refractivity (Wildman–Crippen MR) is 82.9 cm³/mol. The van der Waals surface area contributed by atoms with E-state index in [4.69, 9.17) is 5.11 Å². The molecule has 0 aliphatic carbocycles. The number of carboxylic acid groups (broad SMARTS) is 1. The van der Waals surface area contributed by atoms with E-state index in [0.717, 1.165) is 44.6 Å². The second-order valence-corrected chi connectivity index (χ2v) is 6.04. The molecular weight excluding hydrogens is 282 g/mol. The van der Waals surface area contributed by atoms with Gasteiger partial charge < -0.3 is 15.7 Å². The van der Waals surface area contributed by atoms with E-state index in [2.05, 4.69) is 33.7 Å². The standard InChI is InChI=1S/C16H21N3O3/c20-15-4-3-12-2-1-11(9-14(12)18-15)10-19-7-5-13(6-8-19)17-16(21)22/h1-2,9,13,17H,3-8,10H2,(H,18,20)(H,21,22). The van der Waals surface area contributed by atoms with Crippen LogP contribution in [0.15, 0.2) is 18.2 Å². The summed E-state index contributed by atoms with van der Waals surface area (Å²) in [5, 5.41) is 14.2. The van der Waals surface area contributed by atoms with Gasteiger partial charge >= 0.3 is 6.09 Å². The van der Waals surface area contributed by atoms with Crippen molar-refractivity contribution in [3.8, 4) is 0 Å². The van der Waals surface area contributed by atoms with Gasteiger partial charge in [0.2, 0.25) is 5.91 Å². The van der Waals surface area contributed by atoms with E-state index >= 15 is 0 Å². The molecule has 2 amide bonds. The number of carbonyl (C=O) groups excluding carboxylic acids is 1. The minimum atomic E-state index is -0.941. The normalized spacial score (nSPS) is 19.4. The molecule has 118 valence electrons. The number of benzene rings is 1. The Morgan fingerprint density at radius 1 is 1.32 bits per heavy atom. The summed E-state index contributed by atoms with van der Waals surface area (Å²) in [5.41, 5.74) is 3.33. The average molecular weight is 303 g/mol. The highest BCUT2D eigenvalue weighted by Gasteiger charge is 2.21. The van der Waals surface area contributed by atoms with Crippen molar-refractivity contribution in [2.75, 3.05) is 18.4 Å². The van der Waals surface area contributed by atoms with Crippen LogP contribution in [-0.4, -0.2) is 41.1 Å². The lowest BCUT2D eigenvalue weighted by Gasteiger charge is -2.32. The van der Waals surface area contributed by atoms with Crippen molar-refractivity contribution >= 4 is 17.7 Å². The highest BCUT2D eigenvalue weighted by Crippen LogP contribution is 2.25. The summed E-state index contributed by atoms with van der Waals surface area (Å²) in [6, 6.07) is 6.35. The first-order valence-corrected chi connectivity index (χ1v) is 7.73. The number of fused-ring (bicyclic) bond motifs is 1. The van der Waals surface area contributed by atoms with E-state index < -0.39 is 6.09 Å². The Kier molecular flexibility index (Phi) is 4.29. The SMILES string of the molecule is O=C(O)NC1CCN(Cc2ccc3c(c2)NC(=O)CC3)CC1. The van der Waals surface area contributed by atoms with Crippen LogP contribution in [0.2, 0.25) is 0 Å². The molecule has 3 rings (SSSR count). The second-order valence-electron chi connectivity index (χ2n) is 6.04. The topological polar surface area (TPSA) is 81.7 Å². The van der Waals surface area contributed by atoms with Crippen molar-refractivity contribution in [2.45, 2.75) is 38.3 Å². The lowest BCUT2D eigenvalue weighted by molar-refractivity contribution is -0.116. The van der Waals surface area contributed by atoms with Crippen LogP contribution in [0.5, 0.6) is 0 Å². The van der Waals surface area contributed by atoms with Crippen molar-refractivity contribution in [1.82, 2.24) is 10.2 Å². The summed E-state index contributed by atoms with van der Waals surface area (Å²) < 4.78 is 0. The molecule has 0 spiro atoms. The fourth-order valence-electron chi connectivity index (χ4n) is 3.19. The quantitative estimate of drug-likeness (QED) is 0.795. The molecule has 6 heteroatoms. The molecule has 2 aliphatic heterocycles. The average Bonchev–Trinajstić information content (AvgIpc) is 2.48. The second kappa shape index (κ2) is 6.36. The highest BCUT2D eigenvalue weighted by molar-refractivity contribution is 5.93. The van der Waals surface area contributed by atoms with E-state index in [9.17, 15) is 9.59 Å². The first-order chi connectivity index (χ1) is 10.6. The van der Waals surface area contributed by atoms with E-state index in [-0.39, 0.29) is 11.9 Å². The molecule has 0 radical (unpaired) electrons. The summed E-state index contributed by atoms with van der Waals surface area (Å²) in [7, 11) is 0. The van der Waals surface area contributed by atoms with Gasteiger partial charge in [-0.25, -0.2) is 4.79 Å². The fraction of sp³-hybridized carbons (Fsp3) is 0.500. The molecule has 0 saturated carbocycles. The van der Waals surface area contributed by atoms with Crippen molar-refractivity contribution < 1.29 is 14.7 Å². The lowest BCUT2D eigenvalue weighted by Crippen LogP contribution is -2.43. The van der Waals surface area contributed by atoms with Gasteiger partial charge in [0.1, 0.15) is 0 Å². The predicted octanol–water partition coefficient (Wildman–Crippen LogP) is 1.80. The van der Waals surface area contributed by atoms with Crippen molar-refractivity contribution in [2.24, 2.45) is 0 Å². The molecule has 2 aliphatic rings. The van der Waals surface area contributed by atoms with Gasteiger partial charge in [-0.1, -0.05) is 12.1 Å². The third kappa shape index (κ3) is 3.57. The Balaban J connectivity index is 1.57. The van der Waals surface area contributed by atoms with Gasteiger partial charge in [-0.05, 0) is 36.5 Å². The zero-order chi connectivity index (χ0) is 15.5. The van der Waals surface area contributed by atoms with Crippen LogP contribution in [0.25, 0.3) is 0 Å². The number of hydrogen-bond donors (Lipinski definition) is 3. The van der Waals surface area contributed by atoms with Gasteiger partial charge in [-0.15, -0.1) is 0 Å². The Hall–Kier alpha value is -2.08. The number of aryl methyl sites for hydroxylation is 1. The summed E-state index contributed by atoms with van der Waals surface area (Å²) in [6.45, 7) is 2.60. The molecule has 1 saturated heterocycles. The Labute approximate surface area is 129 Å². The fourth-order valence-corrected chi connectivity index (χ4v) is 3.19. The number of anilines is 1. The molecule has 3 N–H and O–H groups in total. The number of rotatable bonds is 3. The van der Waals surface area contributed by atoms with Gasteiger partial charge in [-0.2, -0.15) is 0 Å². The Bertz CT molecular complexity index is 580. The molecule has 2 heterocycles. The number of nitrogens with one attached hydrogen (secondary N) is 2. The zero-order valence-electron chi connectivity index (χ0n) is 12.5. The summed E-state index contributed by atoms with van der Waals surface area (Å²) in [4.78, 5) is 24.4. The molecule has 6 nitrogen and oxygen atoms in total. The van der Waals surface area contributed by atoms with Crippen LogP contribution in [0.1, 0.15) is 30.4 Å². The lowest BCUT2D eigenvalue weighted by atomic mass is 10.00. The maximum Gasteiger partial charge on any atom is 0.404 e. The zero-order valence-corrected chi connectivity index (χ0v) is 12.5. The minimum absolute atomic E-state index is 0.0663. The van der Waals surface area contributed by atoms with Gasteiger partial charge in [0.25, 0.3) is 0 Å². The molecule has 0 unspecified atom stereocenters. The molecule has 0 bridgehead atoms. The highest BCUT2D eigenvalue weighted by atomic mass is 16.4. The monoisotopic (exact) mass is 303 g/mol. The first-order valence-electron chi connectivity index (χ1n) is 7.73. The van der Waals surface area contributed by atoms with E-state index in [1.807, 2.05) is 0 Å². The minimum Gasteiger partial charge on any atom is -0.465 e. The van der Waals surface area contributed by atoms with Crippen LogP contribution in [0, 0.1) is 0 Å². The number of nitrogens with zero attached hydrogens (tertiary/aromatic N) is 1. The van der Waals surface area contributed by atoms with Gasteiger partial charge in [-0.3, -0.25) is 9.69 Å². The number of piperidine rings is 1. The van der Waals surface area contributed by atoms with Crippen LogP contribution in [-0.2, 0) is 17.8 Å². The van der Waals surface area contributed by atoms with E-state index in [1.165, 1.54) is 11.1 Å². The Morgan fingerprint density at radius 3 is 2.82 bits per heavy atom. The molecule has 22 heavy (non-hydrogen) atoms. The largest absolute Gasteiger partial charge is 0.465 e. The van der Waals surface area contributed by atoms with Crippen LogP contribution in [0.4, 0.5) is 10.5 Å². The number of hydrogen-bond acceptors (Lipinski definition) is 3. The van der Waals surface area contributed by atoms with Crippen LogP contribution >= 0.6 is 0 Å². The van der Waals surface area contributed by atoms with Crippen molar-refractivity contribution in [3.63, 3.8) is 0 Å². The van der Waals surface area contributed by atoms with E-state index in [0.29, 0.717) is 6.42 Å². The smallest absolute Gasteiger partial charge is 0.404 e. The molecular formula is C16H21N3O3. The molecule has 1 fully saturated rings. The molecule has 1 aromatic rings. The molecule has 0 aromatic heterocycles. The third-order valence-corrected chi connectivity index (χ3v) is 4.39. The molecule has 1 aromatic carbocycles. The third-order valence-electron chi connectivity index (χ3n) is 4.39. The van der Waals surface area contributed by atoms with Gasteiger partial charge in [0.15, 0.2) is 0 Å². The van der Waals surface area contributed by atoms with Crippen LogP contribution in [0.3, 0.4) is 0 Å². The maximum absolute atomic E-state index is 11.5. The van der Waals surface area contributed by atoms with Crippen molar-refractivity contribution in [1.29, 1.82) is 0 Å². The van der Waals surface area contributed by atoms with Gasteiger partial charge in [0, 0.05) is 37.8 Å². The summed E-state index contributed by atoms with van der Waals surface area (Å²) in [6.07, 6.45) is 2.12.